The standard InChI is InChI=1S/C13H17N5O/c1-9(2)11-7-15-18(10(11)3)8-13(19)16-12-5-4-6-14-17-12/h4-7,9H,8H2,1-3H3,(H,16,17,19). The summed E-state index contributed by atoms with van der Waals surface area (Å²) in [5, 5.41) is 14.4. The van der Waals surface area contributed by atoms with Crippen molar-refractivity contribution in [1.29, 1.82) is 0 Å². The number of amides is 1. The van der Waals surface area contributed by atoms with Gasteiger partial charge in [-0.3, -0.25) is 9.48 Å². The van der Waals surface area contributed by atoms with E-state index in [0.717, 1.165) is 11.3 Å². The van der Waals surface area contributed by atoms with Crippen LogP contribution in [-0.4, -0.2) is 25.9 Å². The zero-order chi connectivity index (χ0) is 13.8. The molecular formula is C13H17N5O. The minimum atomic E-state index is -0.165. The number of carbonyl (C=O) groups excluding carboxylic acids is 1. The van der Waals surface area contributed by atoms with Gasteiger partial charge in [-0.25, -0.2) is 0 Å². The monoisotopic (exact) mass is 259 g/mol. The first kappa shape index (κ1) is 13.2. The molecule has 1 amide bonds. The van der Waals surface area contributed by atoms with Crippen LogP contribution in [0, 0.1) is 6.92 Å². The van der Waals surface area contributed by atoms with Crippen LogP contribution in [0.2, 0.25) is 0 Å². The van der Waals surface area contributed by atoms with Crippen LogP contribution in [0.1, 0.15) is 31.0 Å². The van der Waals surface area contributed by atoms with Gasteiger partial charge in [0.1, 0.15) is 6.54 Å². The Bertz CT molecular complexity index is 562. The van der Waals surface area contributed by atoms with E-state index in [9.17, 15) is 4.79 Å². The van der Waals surface area contributed by atoms with Crippen LogP contribution in [0.4, 0.5) is 5.82 Å². The van der Waals surface area contributed by atoms with E-state index in [2.05, 4.69) is 34.5 Å². The molecule has 2 aromatic rings. The molecule has 2 aromatic heterocycles. The average Bonchev–Trinajstić information content (AvgIpc) is 2.72. The third kappa shape index (κ3) is 3.15. The zero-order valence-electron chi connectivity index (χ0n) is 11.3. The molecular weight excluding hydrogens is 242 g/mol. The van der Waals surface area contributed by atoms with Crippen LogP contribution in [0.3, 0.4) is 0 Å². The minimum absolute atomic E-state index is 0.165. The second-order valence-corrected chi connectivity index (χ2v) is 4.65. The molecule has 0 aliphatic carbocycles. The number of nitrogens with zero attached hydrogens (tertiary/aromatic N) is 4. The highest BCUT2D eigenvalue weighted by Gasteiger charge is 2.12. The van der Waals surface area contributed by atoms with Gasteiger partial charge in [-0.05, 0) is 30.5 Å². The molecule has 0 fully saturated rings. The summed E-state index contributed by atoms with van der Waals surface area (Å²) in [5.74, 6) is 0.681. The van der Waals surface area contributed by atoms with Crippen LogP contribution in [0.15, 0.2) is 24.5 Å². The first-order valence-corrected chi connectivity index (χ1v) is 6.17. The summed E-state index contributed by atoms with van der Waals surface area (Å²) in [7, 11) is 0. The summed E-state index contributed by atoms with van der Waals surface area (Å²) in [6, 6.07) is 3.42. The molecule has 1 N–H and O–H groups in total. The maximum Gasteiger partial charge on any atom is 0.247 e. The number of anilines is 1. The molecule has 19 heavy (non-hydrogen) atoms. The van der Waals surface area contributed by atoms with Crippen molar-refractivity contribution < 1.29 is 4.79 Å². The third-order valence-electron chi connectivity index (χ3n) is 2.90. The summed E-state index contributed by atoms with van der Waals surface area (Å²) >= 11 is 0. The van der Waals surface area contributed by atoms with Crippen LogP contribution >= 0.6 is 0 Å². The third-order valence-corrected chi connectivity index (χ3v) is 2.90. The molecule has 2 rings (SSSR count). The molecule has 0 aliphatic rings. The Hall–Kier alpha value is -2.24. The largest absolute Gasteiger partial charge is 0.308 e. The summed E-state index contributed by atoms with van der Waals surface area (Å²) in [6.07, 6.45) is 3.37. The van der Waals surface area contributed by atoms with Gasteiger partial charge in [0.2, 0.25) is 5.91 Å². The molecule has 6 heteroatoms. The van der Waals surface area contributed by atoms with Gasteiger partial charge in [0.05, 0.1) is 6.20 Å². The zero-order valence-corrected chi connectivity index (χ0v) is 11.3. The van der Waals surface area contributed by atoms with Gasteiger partial charge in [0.25, 0.3) is 0 Å². The van der Waals surface area contributed by atoms with E-state index in [0.29, 0.717) is 11.7 Å². The fourth-order valence-corrected chi connectivity index (χ4v) is 1.87. The summed E-state index contributed by atoms with van der Waals surface area (Å²) in [4.78, 5) is 11.9. The molecule has 2 heterocycles. The molecule has 0 unspecified atom stereocenters. The van der Waals surface area contributed by atoms with Crippen molar-refractivity contribution in [2.24, 2.45) is 0 Å². The van der Waals surface area contributed by atoms with E-state index in [1.807, 2.05) is 13.1 Å². The second kappa shape index (κ2) is 5.60. The van der Waals surface area contributed by atoms with Crippen LogP contribution < -0.4 is 5.32 Å². The van der Waals surface area contributed by atoms with E-state index < -0.39 is 0 Å². The molecule has 0 bridgehead atoms. The van der Waals surface area contributed by atoms with Gasteiger partial charge < -0.3 is 5.32 Å². The Morgan fingerprint density at radius 1 is 1.47 bits per heavy atom. The number of hydrogen-bond acceptors (Lipinski definition) is 4. The van der Waals surface area contributed by atoms with Crippen molar-refractivity contribution in [3.8, 4) is 0 Å². The number of carbonyl (C=O) groups is 1. The van der Waals surface area contributed by atoms with Crippen molar-refractivity contribution in [2.45, 2.75) is 33.2 Å². The minimum Gasteiger partial charge on any atom is -0.308 e. The number of aromatic nitrogens is 4. The van der Waals surface area contributed by atoms with Gasteiger partial charge in [-0.2, -0.15) is 10.2 Å². The number of nitrogens with one attached hydrogen (secondary N) is 1. The Morgan fingerprint density at radius 2 is 2.26 bits per heavy atom. The van der Waals surface area contributed by atoms with Gasteiger partial charge in [-0.1, -0.05) is 13.8 Å². The SMILES string of the molecule is Cc1c(C(C)C)cnn1CC(=O)Nc1cccnn1. The number of hydrogen-bond donors (Lipinski definition) is 1. The van der Waals surface area contributed by atoms with Crippen molar-refractivity contribution >= 4 is 11.7 Å². The topological polar surface area (TPSA) is 72.7 Å². The lowest BCUT2D eigenvalue weighted by atomic mass is 10.1. The van der Waals surface area contributed by atoms with E-state index in [-0.39, 0.29) is 12.5 Å². The molecule has 0 aliphatic heterocycles. The predicted octanol–water partition coefficient (Wildman–Crippen LogP) is 1.74. The summed E-state index contributed by atoms with van der Waals surface area (Å²) < 4.78 is 1.70. The molecule has 0 radical (unpaired) electrons. The van der Waals surface area contributed by atoms with Crippen molar-refractivity contribution in [1.82, 2.24) is 20.0 Å². The van der Waals surface area contributed by atoms with E-state index in [1.165, 1.54) is 0 Å². The van der Waals surface area contributed by atoms with Gasteiger partial charge >= 0.3 is 0 Å². The lowest BCUT2D eigenvalue weighted by Crippen LogP contribution is -2.21. The Balaban J connectivity index is 2.03. The molecule has 0 saturated carbocycles. The van der Waals surface area contributed by atoms with E-state index in [1.54, 1.807) is 23.0 Å². The number of rotatable bonds is 4. The molecule has 6 nitrogen and oxygen atoms in total. The highest BCUT2D eigenvalue weighted by molar-refractivity contribution is 5.89. The van der Waals surface area contributed by atoms with Crippen LogP contribution in [0.5, 0.6) is 0 Å². The predicted molar refractivity (Wildman–Crippen MR) is 71.7 cm³/mol. The molecule has 0 saturated heterocycles. The first-order chi connectivity index (χ1) is 9.08. The van der Waals surface area contributed by atoms with Crippen molar-refractivity contribution in [3.05, 3.63) is 35.8 Å². The molecule has 0 atom stereocenters. The normalized spacial score (nSPS) is 10.7. The Labute approximate surface area is 111 Å². The molecule has 0 spiro atoms. The second-order valence-electron chi connectivity index (χ2n) is 4.65. The molecule has 0 aromatic carbocycles. The highest BCUT2D eigenvalue weighted by atomic mass is 16.2. The Morgan fingerprint density at radius 3 is 2.84 bits per heavy atom. The van der Waals surface area contributed by atoms with Gasteiger partial charge in [0, 0.05) is 11.9 Å². The quantitative estimate of drug-likeness (QED) is 0.907. The maximum atomic E-state index is 11.9. The fourth-order valence-electron chi connectivity index (χ4n) is 1.87. The lowest BCUT2D eigenvalue weighted by Gasteiger charge is -2.07. The summed E-state index contributed by atoms with van der Waals surface area (Å²) in [6.45, 7) is 6.36. The van der Waals surface area contributed by atoms with E-state index in [4.69, 9.17) is 0 Å². The molecule has 100 valence electrons. The fraction of sp³-hybridized carbons (Fsp3) is 0.385. The smallest absolute Gasteiger partial charge is 0.247 e. The van der Waals surface area contributed by atoms with Crippen LogP contribution in [0.25, 0.3) is 0 Å². The first-order valence-electron chi connectivity index (χ1n) is 6.17. The maximum absolute atomic E-state index is 11.9. The van der Waals surface area contributed by atoms with Crippen LogP contribution in [-0.2, 0) is 11.3 Å². The average molecular weight is 259 g/mol. The Kier molecular flexibility index (Phi) is 3.89. The van der Waals surface area contributed by atoms with Crippen molar-refractivity contribution in [2.75, 3.05) is 5.32 Å². The van der Waals surface area contributed by atoms with Crippen molar-refractivity contribution in [3.63, 3.8) is 0 Å². The van der Waals surface area contributed by atoms with E-state index >= 15 is 0 Å². The highest BCUT2D eigenvalue weighted by Crippen LogP contribution is 2.17. The van der Waals surface area contributed by atoms with Gasteiger partial charge in [0.15, 0.2) is 5.82 Å². The van der Waals surface area contributed by atoms with Gasteiger partial charge in [-0.15, -0.1) is 5.10 Å². The summed E-state index contributed by atoms with van der Waals surface area (Å²) in [5.41, 5.74) is 2.18. The lowest BCUT2D eigenvalue weighted by molar-refractivity contribution is -0.117.